The van der Waals surface area contributed by atoms with E-state index < -0.39 is 5.97 Å². The summed E-state index contributed by atoms with van der Waals surface area (Å²) in [6.07, 6.45) is 6.22. The van der Waals surface area contributed by atoms with Gasteiger partial charge in [-0.3, -0.25) is 4.79 Å². The van der Waals surface area contributed by atoms with Crippen LogP contribution in [0.5, 0.6) is 0 Å². The highest BCUT2D eigenvalue weighted by Gasteiger charge is 2.31. The zero-order chi connectivity index (χ0) is 14.5. The molecule has 0 aromatic carbocycles. The van der Waals surface area contributed by atoms with Gasteiger partial charge in [-0.25, -0.2) is 4.79 Å². The van der Waals surface area contributed by atoms with E-state index in [-0.39, 0.29) is 18.5 Å². The number of aliphatic carboxylic acids is 1. The molecule has 20 heavy (non-hydrogen) atoms. The molecule has 1 N–H and O–H groups in total. The largest absolute Gasteiger partial charge is 0.481 e. The quantitative estimate of drug-likeness (QED) is 0.846. The van der Waals surface area contributed by atoms with Crippen molar-refractivity contribution in [1.29, 1.82) is 0 Å². The van der Waals surface area contributed by atoms with Crippen molar-refractivity contribution >= 4 is 12.0 Å². The Bertz CT molecular complexity index is 359. The van der Waals surface area contributed by atoms with E-state index in [0.717, 1.165) is 45.2 Å². The summed E-state index contributed by atoms with van der Waals surface area (Å²) in [7, 11) is 0. The molecule has 2 unspecified atom stereocenters. The molecule has 0 aromatic heterocycles. The van der Waals surface area contributed by atoms with Gasteiger partial charge in [-0.15, -0.1) is 0 Å². The minimum absolute atomic E-state index is 0.0602. The Kier molecular flexibility index (Phi) is 5.26. The van der Waals surface area contributed by atoms with Crippen molar-refractivity contribution in [3.63, 3.8) is 0 Å². The molecule has 2 aliphatic heterocycles. The SMILES string of the molecule is CC1CCCN(C(=O)N2CCCCC2CC(=O)O)CC1. The molecule has 2 atom stereocenters. The van der Waals surface area contributed by atoms with Gasteiger partial charge in [-0.2, -0.15) is 0 Å². The molecule has 0 radical (unpaired) electrons. The standard InChI is InChI=1S/C15H26N2O3/c1-12-5-4-8-16(10-7-12)15(20)17-9-3-2-6-13(17)11-14(18)19/h12-13H,2-11H2,1H3,(H,18,19). The monoisotopic (exact) mass is 282 g/mol. The molecule has 0 bridgehead atoms. The molecule has 0 saturated carbocycles. The number of urea groups is 1. The van der Waals surface area contributed by atoms with E-state index in [9.17, 15) is 9.59 Å². The van der Waals surface area contributed by atoms with Crippen LogP contribution in [0.4, 0.5) is 4.79 Å². The number of piperidine rings is 1. The number of carboxylic acid groups (broad SMARTS) is 1. The summed E-state index contributed by atoms with van der Waals surface area (Å²) in [6, 6.07) is -0.0560. The van der Waals surface area contributed by atoms with Gasteiger partial charge in [0.2, 0.25) is 0 Å². The van der Waals surface area contributed by atoms with Crippen LogP contribution in [0.25, 0.3) is 0 Å². The average molecular weight is 282 g/mol. The molecular weight excluding hydrogens is 256 g/mol. The van der Waals surface area contributed by atoms with Crippen molar-refractivity contribution in [2.24, 2.45) is 5.92 Å². The van der Waals surface area contributed by atoms with Crippen molar-refractivity contribution in [2.75, 3.05) is 19.6 Å². The summed E-state index contributed by atoms with van der Waals surface area (Å²) in [5, 5.41) is 9.00. The molecule has 2 fully saturated rings. The van der Waals surface area contributed by atoms with Crippen LogP contribution < -0.4 is 0 Å². The topological polar surface area (TPSA) is 60.9 Å². The van der Waals surface area contributed by atoms with E-state index in [4.69, 9.17) is 5.11 Å². The molecule has 2 heterocycles. The van der Waals surface area contributed by atoms with Crippen molar-refractivity contribution in [1.82, 2.24) is 9.80 Å². The van der Waals surface area contributed by atoms with E-state index in [1.54, 1.807) is 0 Å². The molecule has 2 amide bonds. The Labute approximate surface area is 120 Å². The third-order valence-electron chi connectivity index (χ3n) is 4.57. The molecule has 0 aromatic rings. The van der Waals surface area contributed by atoms with Gasteiger partial charge in [0.05, 0.1) is 6.42 Å². The van der Waals surface area contributed by atoms with Gasteiger partial charge in [0.15, 0.2) is 0 Å². The van der Waals surface area contributed by atoms with Crippen molar-refractivity contribution in [3.05, 3.63) is 0 Å². The van der Waals surface area contributed by atoms with Gasteiger partial charge in [0.1, 0.15) is 0 Å². The Morgan fingerprint density at radius 1 is 1.05 bits per heavy atom. The highest BCUT2D eigenvalue weighted by Crippen LogP contribution is 2.23. The number of carbonyl (C=O) groups is 2. The molecule has 2 saturated heterocycles. The smallest absolute Gasteiger partial charge is 0.320 e. The number of hydrogen-bond acceptors (Lipinski definition) is 2. The second-order valence-corrected chi connectivity index (χ2v) is 6.25. The van der Waals surface area contributed by atoms with Crippen molar-refractivity contribution in [2.45, 2.75) is 57.9 Å². The minimum atomic E-state index is -0.806. The van der Waals surface area contributed by atoms with Crippen LogP contribution in [-0.4, -0.2) is 52.6 Å². The average Bonchev–Trinajstić information content (AvgIpc) is 2.63. The van der Waals surface area contributed by atoms with E-state index in [2.05, 4.69) is 6.92 Å². The van der Waals surface area contributed by atoms with E-state index in [1.165, 1.54) is 6.42 Å². The zero-order valence-electron chi connectivity index (χ0n) is 12.4. The molecule has 2 aliphatic rings. The predicted molar refractivity (Wildman–Crippen MR) is 76.6 cm³/mol. The molecule has 5 nitrogen and oxygen atoms in total. The van der Waals surface area contributed by atoms with Gasteiger partial charge < -0.3 is 14.9 Å². The summed E-state index contributed by atoms with van der Waals surface area (Å²) in [5.41, 5.74) is 0. The molecule has 0 aliphatic carbocycles. The van der Waals surface area contributed by atoms with Gasteiger partial charge in [0.25, 0.3) is 0 Å². The normalized spacial score (nSPS) is 28.1. The van der Waals surface area contributed by atoms with Crippen molar-refractivity contribution < 1.29 is 14.7 Å². The van der Waals surface area contributed by atoms with Crippen LogP contribution >= 0.6 is 0 Å². The van der Waals surface area contributed by atoms with E-state index in [1.807, 2.05) is 9.80 Å². The fourth-order valence-electron chi connectivity index (χ4n) is 3.30. The lowest BCUT2D eigenvalue weighted by atomic mass is 10.00. The molecule has 114 valence electrons. The Morgan fingerprint density at radius 2 is 1.85 bits per heavy atom. The van der Waals surface area contributed by atoms with E-state index >= 15 is 0 Å². The number of nitrogens with zero attached hydrogens (tertiary/aromatic N) is 2. The highest BCUT2D eigenvalue weighted by molar-refractivity contribution is 5.76. The number of likely N-dealkylation sites (tertiary alicyclic amines) is 2. The fourth-order valence-corrected chi connectivity index (χ4v) is 3.30. The van der Waals surface area contributed by atoms with Crippen LogP contribution in [0.3, 0.4) is 0 Å². The zero-order valence-corrected chi connectivity index (χ0v) is 12.4. The lowest BCUT2D eigenvalue weighted by Gasteiger charge is -2.38. The van der Waals surface area contributed by atoms with Crippen LogP contribution in [-0.2, 0) is 4.79 Å². The number of amides is 2. The number of rotatable bonds is 2. The summed E-state index contributed by atoms with van der Waals surface area (Å²) < 4.78 is 0. The van der Waals surface area contributed by atoms with Crippen LogP contribution in [0.15, 0.2) is 0 Å². The van der Waals surface area contributed by atoms with E-state index in [0.29, 0.717) is 12.5 Å². The van der Waals surface area contributed by atoms with Crippen LogP contribution in [0.2, 0.25) is 0 Å². The Morgan fingerprint density at radius 3 is 2.60 bits per heavy atom. The van der Waals surface area contributed by atoms with Gasteiger partial charge in [0, 0.05) is 25.7 Å². The molecule has 0 spiro atoms. The first-order chi connectivity index (χ1) is 9.58. The van der Waals surface area contributed by atoms with Gasteiger partial charge in [-0.1, -0.05) is 6.92 Å². The highest BCUT2D eigenvalue weighted by atomic mass is 16.4. The number of hydrogen-bond donors (Lipinski definition) is 1. The maximum Gasteiger partial charge on any atom is 0.320 e. The van der Waals surface area contributed by atoms with Crippen molar-refractivity contribution in [3.8, 4) is 0 Å². The minimum Gasteiger partial charge on any atom is -0.481 e. The van der Waals surface area contributed by atoms with Crippen LogP contribution in [0.1, 0.15) is 51.9 Å². The van der Waals surface area contributed by atoms with Gasteiger partial charge >= 0.3 is 12.0 Å². The summed E-state index contributed by atoms with van der Waals surface area (Å²) >= 11 is 0. The third-order valence-corrected chi connectivity index (χ3v) is 4.57. The lowest BCUT2D eigenvalue weighted by molar-refractivity contribution is -0.138. The molecule has 2 rings (SSSR count). The first-order valence-corrected chi connectivity index (χ1v) is 7.85. The lowest BCUT2D eigenvalue weighted by Crippen LogP contribution is -2.51. The Balaban J connectivity index is 1.99. The maximum atomic E-state index is 12.7. The second-order valence-electron chi connectivity index (χ2n) is 6.25. The number of carboxylic acids is 1. The van der Waals surface area contributed by atoms with Gasteiger partial charge in [-0.05, 0) is 44.4 Å². The maximum absolute atomic E-state index is 12.7. The fraction of sp³-hybridized carbons (Fsp3) is 0.867. The molecule has 5 heteroatoms. The Hall–Kier alpha value is -1.26. The third kappa shape index (κ3) is 3.87. The summed E-state index contributed by atoms with van der Waals surface area (Å²) in [5.74, 6) is -0.122. The molecular formula is C15H26N2O3. The predicted octanol–water partition coefficient (Wildman–Crippen LogP) is 2.56. The second kappa shape index (κ2) is 6.95. The first kappa shape index (κ1) is 15.1. The summed E-state index contributed by atoms with van der Waals surface area (Å²) in [6.45, 7) is 4.58. The number of carbonyl (C=O) groups excluding carboxylic acids is 1. The van der Waals surface area contributed by atoms with Crippen LogP contribution in [0, 0.1) is 5.92 Å². The summed E-state index contributed by atoms with van der Waals surface area (Å²) in [4.78, 5) is 27.4. The first-order valence-electron chi connectivity index (χ1n) is 7.85.